The van der Waals surface area contributed by atoms with Crippen molar-refractivity contribution in [2.24, 2.45) is 0 Å². The molecule has 0 bridgehead atoms. The van der Waals surface area contributed by atoms with Gasteiger partial charge in [0.25, 0.3) is 0 Å². The number of fused-ring (bicyclic) bond motifs is 10. The Bertz CT molecular complexity index is 3550. The van der Waals surface area contributed by atoms with E-state index in [9.17, 15) is 0 Å². The van der Waals surface area contributed by atoms with Gasteiger partial charge in [0, 0.05) is 73.4 Å². The highest BCUT2D eigenvalue weighted by atomic mass is 32.1. The molecule has 9 aromatic carbocycles. The Hall–Kier alpha value is -7.05. The summed E-state index contributed by atoms with van der Waals surface area (Å²) in [5.74, 6) is 1.96. The first-order chi connectivity index (χ1) is 28.8. The van der Waals surface area contributed by atoms with Gasteiger partial charge in [0.05, 0.1) is 0 Å². The van der Waals surface area contributed by atoms with Crippen molar-refractivity contribution in [1.82, 2.24) is 15.0 Å². The quantitative estimate of drug-likeness (QED) is 0.175. The predicted molar refractivity (Wildman–Crippen MR) is 248 cm³/mol. The van der Waals surface area contributed by atoms with E-state index in [0.29, 0.717) is 17.5 Å². The van der Waals surface area contributed by atoms with Gasteiger partial charge in [0.1, 0.15) is 0 Å². The summed E-state index contributed by atoms with van der Waals surface area (Å²) in [7, 11) is 0. The molecule has 0 aliphatic heterocycles. The second kappa shape index (κ2) is 13.3. The van der Waals surface area contributed by atoms with Crippen LogP contribution in [0.2, 0.25) is 0 Å². The van der Waals surface area contributed by atoms with Crippen LogP contribution in [0, 0.1) is 0 Å². The summed E-state index contributed by atoms with van der Waals surface area (Å²) in [6, 6.07) is 67.1. The Balaban J connectivity index is 1.27. The van der Waals surface area contributed by atoms with E-state index in [0.717, 1.165) is 27.8 Å². The zero-order valence-electron chi connectivity index (χ0n) is 31.1. The summed E-state index contributed by atoms with van der Waals surface area (Å²) < 4.78 is 4.94. The maximum atomic E-state index is 5.66. The number of aromatic nitrogens is 3. The van der Waals surface area contributed by atoms with Crippen molar-refractivity contribution < 1.29 is 0 Å². The van der Waals surface area contributed by atoms with Gasteiger partial charge in [-0.3, -0.25) is 0 Å². The lowest BCUT2D eigenvalue weighted by Crippen LogP contribution is -2.02. The molecule has 58 heavy (non-hydrogen) atoms. The van der Waals surface area contributed by atoms with Crippen molar-refractivity contribution in [2.45, 2.75) is 0 Å². The molecular weight excluding hydrogens is 743 g/mol. The fourth-order valence-electron chi connectivity index (χ4n) is 8.78. The van der Waals surface area contributed by atoms with Crippen molar-refractivity contribution in [3.8, 4) is 56.4 Å². The van der Waals surface area contributed by atoms with Crippen molar-refractivity contribution in [2.75, 3.05) is 0 Å². The van der Waals surface area contributed by atoms with Crippen molar-refractivity contribution in [3.05, 3.63) is 188 Å². The fraction of sp³-hybridized carbons (Fsp3) is 0. The van der Waals surface area contributed by atoms with Crippen LogP contribution < -0.4 is 0 Å². The Kier molecular flexibility index (Phi) is 7.58. The van der Waals surface area contributed by atoms with Crippen LogP contribution >= 0.6 is 22.7 Å². The van der Waals surface area contributed by atoms with Crippen LogP contribution in [0.5, 0.6) is 0 Å². The lowest BCUT2D eigenvalue weighted by Gasteiger charge is -2.17. The van der Waals surface area contributed by atoms with Gasteiger partial charge in [-0.15, -0.1) is 22.7 Å². The molecule has 3 heterocycles. The van der Waals surface area contributed by atoms with E-state index >= 15 is 0 Å². The topological polar surface area (TPSA) is 38.7 Å². The highest BCUT2D eigenvalue weighted by Gasteiger charge is 2.26. The Morgan fingerprint density at radius 1 is 0.293 bits per heavy atom. The average Bonchev–Trinajstić information content (AvgIpc) is 3.89. The third-order valence-corrected chi connectivity index (χ3v) is 13.7. The van der Waals surface area contributed by atoms with Crippen molar-refractivity contribution >= 4 is 84.6 Å². The van der Waals surface area contributed by atoms with E-state index in [-0.39, 0.29) is 0 Å². The van der Waals surface area contributed by atoms with Gasteiger partial charge >= 0.3 is 0 Å². The summed E-state index contributed by atoms with van der Waals surface area (Å²) in [6.45, 7) is 0. The standard InChI is InChI=1S/C53H31N3S2/c1-4-17-32(18-5-1)35-27-16-28-38-41(35)31-42(46-39-25-12-14-29-43(39)57-49(38)46)52-54-51(34-21-8-3-9-22-34)55-53(56-52)48-45(33-19-6-2-7-20-33)36-23-10-11-24-37(36)50-47(48)40-26-13-15-30-44(40)58-50/h1-31H. The van der Waals surface area contributed by atoms with Crippen LogP contribution in [-0.4, -0.2) is 15.0 Å². The lowest BCUT2D eigenvalue weighted by molar-refractivity contribution is 1.08. The number of thiophene rings is 2. The number of rotatable bonds is 5. The normalized spacial score (nSPS) is 11.8. The molecule has 0 fully saturated rings. The van der Waals surface area contributed by atoms with Gasteiger partial charge in [-0.25, -0.2) is 15.0 Å². The molecule has 0 saturated heterocycles. The molecule has 3 aromatic heterocycles. The Morgan fingerprint density at radius 3 is 1.47 bits per heavy atom. The number of nitrogens with zero attached hydrogens (tertiary/aromatic N) is 3. The zero-order valence-corrected chi connectivity index (χ0v) is 32.7. The second-order valence-electron chi connectivity index (χ2n) is 14.6. The van der Waals surface area contributed by atoms with Gasteiger partial charge < -0.3 is 0 Å². The molecule has 0 aliphatic carbocycles. The van der Waals surface area contributed by atoms with E-state index < -0.39 is 0 Å². The average molecular weight is 774 g/mol. The third kappa shape index (κ3) is 5.14. The van der Waals surface area contributed by atoms with Crippen LogP contribution in [0.3, 0.4) is 0 Å². The number of benzene rings is 9. The summed E-state index contributed by atoms with van der Waals surface area (Å²) >= 11 is 3.68. The first-order valence-corrected chi connectivity index (χ1v) is 21.1. The maximum absolute atomic E-state index is 5.66. The largest absolute Gasteiger partial charge is 0.208 e. The molecule has 0 amide bonds. The lowest BCUT2D eigenvalue weighted by atomic mass is 9.89. The second-order valence-corrected chi connectivity index (χ2v) is 16.7. The fourth-order valence-corrected chi connectivity index (χ4v) is 11.3. The summed E-state index contributed by atoms with van der Waals surface area (Å²) in [4.78, 5) is 16.6. The molecule has 0 radical (unpaired) electrons. The first-order valence-electron chi connectivity index (χ1n) is 19.4. The summed E-state index contributed by atoms with van der Waals surface area (Å²) in [6.07, 6.45) is 0. The molecule has 0 unspecified atom stereocenters. The summed E-state index contributed by atoms with van der Waals surface area (Å²) in [5.41, 5.74) is 7.57. The minimum Gasteiger partial charge on any atom is -0.208 e. The van der Waals surface area contributed by atoms with E-state index in [1.165, 1.54) is 73.0 Å². The molecule has 12 rings (SSSR count). The predicted octanol–water partition coefficient (Wildman–Crippen LogP) is 15.2. The van der Waals surface area contributed by atoms with Crippen LogP contribution in [0.4, 0.5) is 0 Å². The molecule has 12 aromatic rings. The highest BCUT2D eigenvalue weighted by Crippen LogP contribution is 2.50. The molecule has 0 N–H and O–H groups in total. The Morgan fingerprint density at radius 2 is 0.776 bits per heavy atom. The Labute approximate surface area is 342 Å². The van der Waals surface area contributed by atoms with Gasteiger partial charge in [-0.1, -0.05) is 170 Å². The van der Waals surface area contributed by atoms with Gasteiger partial charge in [-0.05, 0) is 45.7 Å². The number of hydrogen-bond donors (Lipinski definition) is 0. The summed E-state index contributed by atoms with van der Waals surface area (Å²) in [5, 5.41) is 9.55. The maximum Gasteiger partial charge on any atom is 0.165 e. The van der Waals surface area contributed by atoms with Crippen molar-refractivity contribution in [3.63, 3.8) is 0 Å². The molecular formula is C53H31N3S2. The van der Waals surface area contributed by atoms with Crippen molar-refractivity contribution in [1.29, 1.82) is 0 Å². The molecule has 0 atom stereocenters. The molecule has 0 aliphatic rings. The van der Waals surface area contributed by atoms with Gasteiger partial charge in [-0.2, -0.15) is 0 Å². The van der Waals surface area contributed by atoms with E-state index in [4.69, 9.17) is 15.0 Å². The van der Waals surface area contributed by atoms with Crippen LogP contribution in [0.1, 0.15) is 0 Å². The molecule has 0 saturated carbocycles. The van der Waals surface area contributed by atoms with Crippen LogP contribution in [0.15, 0.2) is 188 Å². The number of hydrogen-bond acceptors (Lipinski definition) is 5. The highest BCUT2D eigenvalue weighted by molar-refractivity contribution is 7.27. The minimum absolute atomic E-state index is 0.643. The van der Waals surface area contributed by atoms with E-state index in [2.05, 4.69) is 182 Å². The van der Waals surface area contributed by atoms with E-state index in [1.54, 1.807) is 0 Å². The smallest absolute Gasteiger partial charge is 0.165 e. The monoisotopic (exact) mass is 773 g/mol. The van der Waals surface area contributed by atoms with Crippen LogP contribution in [-0.2, 0) is 0 Å². The minimum atomic E-state index is 0.643. The third-order valence-electron chi connectivity index (χ3n) is 11.3. The van der Waals surface area contributed by atoms with E-state index in [1.807, 2.05) is 28.7 Å². The van der Waals surface area contributed by atoms with Crippen LogP contribution in [0.25, 0.3) is 118 Å². The molecule has 3 nitrogen and oxygen atoms in total. The SMILES string of the molecule is c1ccc(-c2nc(-c3cc4c(-c5ccccc5)cccc4c4sc5ccccc5c34)nc(-c3c(-c4ccccc4)c4ccccc4c4sc5ccccc5c34)n2)cc1. The molecule has 5 heteroatoms. The molecule has 270 valence electrons. The first kappa shape index (κ1) is 33.1. The zero-order chi connectivity index (χ0) is 38.2. The van der Waals surface area contributed by atoms with Gasteiger partial charge in [0.15, 0.2) is 17.5 Å². The molecule has 0 spiro atoms. The van der Waals surface area contributed by atoms with Gasteiger partial charge in [0.2, 0.25) is 0 Å².